The van der Waals surface area contributed by atoms with Crippen molar-refractivity contribution in [2.45, 2.75) is 13.5 Å². The Hall–Kier alpha value is -1.52. The van der Waals surface area contributed by atoms with E-state index >= 15 is 0 Å². The molecule has 0 atom stereocenters. The summed E-state index contributed by atoms with van der Waals surface area (Å²) in [4.78, 5) is 10.6. The van der Waals surface area contributed by atoms with Crippen LogP contribution in [0.15, 0.2) is 6.20 Å². The molecule has 0 saturated carbocycles. The van der Waals surface area contributed by atoms with Gasteiger partial charge in [0.25, 0.3) is 0 Å². The molecule has 1 aromatic rings. The van der Waals surface area contributed by atoms with Crippen LogP contribution in [-0.2, 0) is 6.54 Å². The van der Waals surface area contributed by atoms with Gasteiger partial charge < -0.3 is 9.84 Å². The number of aryl methyl sites for hydroxylation is 1. The van der Waals surface area contributed by atoms with Crippen molar-refractivity contribution in [3.8, 4) is 5.88 Å². The zero-order valence-corrected chi connectivity index (χ0v) is 6.94. The second-order valence-electron chi connectivity index (χ2n) is 2.19. The highest BCUT2D eigenvalue weighted by Crippen LogP contribution is 2.16. The lowest BCUT2D eigenvalue weighted by Crippen LogP contribution is -2.03. The standard InChI is InChI=1S/C7H10N2O3/c1-3-9-6(12-2)5(4-8-9)7(10)11/h4H,3H2,1-2H3,(H,10,11). The normalized spacial score (nSPS) is 9.83. The van der Waals surface area contributed by atoms with E-state index in [2.05, 4.69) is 5.10 Å². The SMILES string of the molecule is CCn1ncc(C(=O)O)c1OC. The molecule has 0 saturated heterocycles. The molecule has 1 heterocycles. The molecular weight excluding hydrogens is 160 g/mol. The zero-order valence-electron chi connectivity index (χ0n) is 6.94. The van der Waals surface area contributed by atoms with Crippen LogP contribution in [0.1, 0.15) is 17.3 Å². The van der Waals surface area contributed by atoms with E-state index in [0.717, 1.165) is 0 Å². The Bertz CT molecular complexity index is 293. The minimum absolute atomic E-state index is 0.0966. The fourth-order valence-electron chi connectivity index (χ4n) is 0.961. The summed E-state index contributed by atoms with van der Waals surface area (Å²) in [6.45, 7) is 2.46. The molecule has 0 unspecified atom stereocenters. The quantitative estimate of drug-likeness (QED) is 0.721. The monoisotopic (exact) mass is 170 g/mol. The highest BCUT2D eigenvalue weighted by molar-refractivity contribution is 5.89. The van der Waals surface area contributed by atoms with E-state index in [0.29, 0.717) is 12.4 Å². The minimum Gasteiger partial charge on any atom is -0.481 e. The molecule has 1 N–H and O–H groups in total. The van der Waals surface area contributed by atoms with Gasteiger partial charge in [-0.15, -0.1) is 0 Å². The summed E-state index contributed by atoms with van der Waals surface area (Å²) in [5, 5.41) is 12.5. The van der Waals surface area contributed by atoms with Crippen LogP contribution in [0, 0.1) is 0 Å². The number of carboxylic acids is 1. The van der Waals surface area contributed by atoms with Crippen molar-refractivity contribution in [1.82, 2.24) is 9.78 Å². The van der Waals surface area contributed by atoms with Gasteiger partial charge in [0, 0.05) is 6.54 Å². The highest BCUT2D eigenvalue weighted by Gasteiger charge is 2.15. The Morgan fingerprint density at radius 2 is 2.50 bits per heavy atom. The van der Waals surface area contributed by atoms with Gasteiger partial charge in [-0.25, -0.2) is 9.48 Å². The zero-order chi connectivity index (χ0) is 9.14. The Labute approximate surface area is 69.6 Å². The third-order valence-electron chi connectivity index (χ3n) is 1.51. The van der Waals surface area contributed by atoms with E-state index in [1.165, 1.54) is 18.0 Å². The van der Waals surface area contributed by atoms with E-state index in [1.807, 2.05) is 6.92 Å². The molecule has 0 spiro atoms. The van der Waals surface area contributed by atoms with Crippen molar-refractivity contribution in [2.24, 2.45) is 0 Å². The van der Waals surface area contributed by atoms with Gasteiger partial charge in [0.05, 0.1) is 13.3 Å². The lowest BCUT2D eigenvalue weighted by molar-refractivity contribution is 0.0693. The van der Waals surface area contributed by atoms with Gasteiger partial charge in [-0.05, 0) is 6.92 Å². The number of ether oxygens (including phenoxy) is 1. The molecule has 0 bridgehead atoms. The number of hydrogen-bond acceptors (Lipinski definition) is 3. The van der Waals surface area contributed by atoms with Crippen molar-refractivity contribution in [3.63, 3.8) is 0 Å². The molecule has 0 fully saturated rings. The number of nitrogens with zero attached hydrogens (tertiary/aromatic N) is 2. The molecular formula is C7H10N2O3. The van der Waals surface area contributed by atoms with E-state index < -0.39 is 5.97 Å². The van der Waals surface area contributed by atoms with Crippen molar-refractivity contribution in [2.75, 3.05) is 7.11 Å². The van der Waals surface area contributed by atoms with Crippen LogP contribution < -0.4 is 4.74 Å². The Morgan fingerprint density at radius 1 is 1.83 bits per heavy atom. The molecule has 0 aliphatic heterocycles. The molecule has 0 aromatic carbocycles. The maximum absolute atomic E-state index is 10.6. The predicted molar refractivity (Wildman–Crippen MR) is 41.4 cm³/mol. The summed E-state index contributed by atoms with van der Waals surface area (Å²) >= 11 is 0. The van der Waals surface area contributed by atoms with Crippen molar-refractivity contribution in [3.05, 3.63) is 11.8 Å². The number of aromatic nitrogens is 2. The molecule has 0 amide bonds. The first-order valence-corrected chi connectivity index (χ1v) is 3.53. The molecule has 5 heteroatoms. The maximum Gasteiger partial charge on any atom is 0.342 e. The van der Waals surface area contributed by atoms with Gasteiger partial charge in [-0.3, -0.25) is 0 Å². The summed E-state index contributed by atoms with van der Waals surface area (Å²) in [5.41, 5.74) is 0.0966. The summed E-state index contributed by atoms with van der Waals surface area (Å²) in [6.07, 6.45) is 1.28. The second kappa shape index (κ2) is 3.25. The lowest BCUT2D eigenvalue weighted by Gasteiger charge is -2.02. The third kappa shape index (κ3) is 1.25. The maximum atomic E-state index is 10.6. The van der Waals surface area contributed by atoms with Crippen molar-refractivity contribution >= 4 is 5.97 Å². The number of methoxy groups -OCH3 is 1. The molecule has 1 aromatic heterocycles. The van der Waals surface area contributed by atoms with Crippen LogP contribution in [0.4, 0.5) is 0 Å². The van der Waals surface area contributed by atoms with E-state index in [9.17, 15) is 4.79 Å². The smallest absolute Gasteiger partial charge is 0.342 e. The number of carboxylic acid groups (broad SMARTS) is 1. The van der Waals surface area contributed by atoms with Gasteiger partial charge in [0.1, 0.15) is 5.56 Å². The molecule has 1 rings (SSSR count). The lowest BCUT2D eigenvalue weighted by atomic mass is 10.3. The van der Waals surface area contributed by atoms with Gasteiger partial charge >= 0.3 is 5.97 Å². The summed E-state index contributed by atoms with van der Waals surface area (Å²) in [6, 6.07) is 0. The van der Waals surface area contributed by atoms with Gasteiger partial charge in [-0.2, -0.15) is 5.10 Å². The molecule has 5 nitrogen and oxygen atoms in total. The minimum atomic E-state index is -1.02. The first kappa shape index (κ1) is 8.58. The first-order valence-electron chi connectivity index (χ1n) is 3.53. The van der Waals surface area contributed by atoms with Gasteiger partial charge in [-0.1, -0.05) is 0 Å². The fourth-order valence-corrected chi connectivity index (χ4v) is 0.961. The Morgan fingerprint density at radius 3 is 2.92 bits per heavy atom. The summed E-state index contributed by atoms with van der Waals surface area (Å²) in [5.74, 6) is -0.725. The van der Waals surface area contributed by atoms with E-state index in [1.54, 1.807) is 0 Å². The van der Waals surface area contributed by atoms with Crippen LogP contribution in [0.25, 0.3) is 0 Å². The average Bonchev–Trinajstić information content (AvgIpc) is 2.46. The largest absolute Gasteiger partial charge is 0.481 e. The van der Waals surface area contributed by atoms with Gasteiger partial charge in [0.15, 0.2) is 0 Å². The summed E-state index contributed by atoms with van der Waals surface area (Å²) < 4.78 is 6.38. The predicted octanol–water partition coefficient (Wildman–Crippen LogP) is 0.610. The van der Waals surface area contributed by atoms with E-state index in [-0.39, 0.29) is 5.56 Å². The molecule has 0 radical (unpaired) electrons. The molecule has 0 aliphatic carbocycles. The molecule has 66 valence electrons. The first-order chi connectivity index (χ1) is 5.70. The van der Waals surface area contributed by atoms with Crippen LogP contribution >= 0.6 is 0 Å². The number of carbonyl (C=O) groups is 1. The van der Waals surface area contributed by atoms with E-state index in [4.69, 9.17) is 9.84 Å². The van der Waals surface area contributed by atoms with Crippen LogP contribution in [0.2, 0.25) is 0 Å². The topological polar surface area (TPSA) is 64.4 Å². The fraction of sp³-hybridized carbons (Fsp3) is 0.429. The van der Waals surface area contributed by atoms with Crippen LogP contribution in [0.3, 0.4) is 0 Å². The Kier molecular flexibility index (Phi) is 2.32. The number of aromatic carboxylic acids is 1. The third-order valence-corrected chi connectivity index (χ3v) is 1.51. The van der Waals surface area contributed by atoms with Crippen molar-refractivity contribution < 1.29 is 14.6 Å². The number of rotatable bonds is 3. The summed E-state index contributed by atoms with van der Waals surface area (Å²) in [7, 11) is 1.43. The number of hydrogen-bond donors (Lipinski definition) is 1. The Balaban J connectivity index is 3.13. The van der Waals surface area contributed by atoms with Crippen molar-refractivity contribution in [1.29, 1.82) is 0 Å². The highest BCUT2D eigenvalue weighted by atomic mass is 16.5. The van der Waals surface area contributed by atoms with Gasteiger partial charge in [0.2, 0.25) is 5.88 Å². The van der Waals surface area contributed by atoms with Crippen LogP contribution in [-0.4, -0.2) is 28.0 Å². The average molecular weight is 170 g/mol. The molecule has 12 heavy (non-hydrogen) atoms. The van der Waals surface area contributed by atoms with Crippen LogP contribution in [0.5, 0.6) is 5.88 Å². The second-order valence-corrected chi connectivity index (χ2v) is 2.19. The molecule has 0 aliphatic rings.